The number of nitrogens with zero attached hydrogens (tertiary/aromatic N) is 4. The summed E-state index contributed by atoms with van der Waals surface area (Å²) >= 11 is 0. The molecule has 1 aromatic heterocycles. The van der Waals surface area contributed by atoms with E-state index < -0.39 is 0 Å². The smallest absolute Gasteiger partial charge is 0.137 e. The van der Waals surface area contributed by atoms with E-state index in [1.165, 1.54) is 32.5 Å². The zero-order valence-electron chi connectivity index (χ0n) is 8.06. The summed E-state index contributed by atoms with van der Waals surface area (Å²) in [5, 5.41) is 4.18. The maximum Gasteiger partial charge on any atom is 0.137 e. The molecule has 0 atom stereocenters. The van der Waals surface area contributed by atoms with Crippen molar-refractivity contribution in [1.29, 1.82) is 0 Å². The lowest BCUT2D eigenvalue weighted by Crippen LogP contribution is -2.34. The molecule has 1 aromatic rings. The maximum atomic E-state index is 4.18. The van der Waals surface area contributed by atoms with Crippen LogP contribution in [0.2, 0.25) is 0 Å². The lowest BCUT2D eigenvalue weighted by Gasteiger charge is -2.30. The van der Waals surface area contributed by atoms with Gasteiger partial charge in [0.1, 0.15) is 12.7 Å². The van der Waals surface area contributed by atoms with Crippen LogP contribution in [0.25, 0.3) is 0 Å². The topological polar surface area (TPSA) is 34.0 Å². The molecule has 0 unspecified atom stereocenters. The van der Waals surface area contributed by atoms with Gasteiger partial charge in [-0.3, -0.25) is 0 Å². The molecule has 0 saturated carbocycles. The highest BCUT2D eigenvalue weighted by atomic mass is 15.3. The van der Waals surface area contributed by atoms with Crippen LogP contribution in [-0.4, -0.2) is 39.3 Å². The molecule has 0 amide bonds. The molecule has 72 valence electrons. The van der Waals surface area contributed by atoms with Gasteiger partial charge in [0.25, 0.3) is 0 Å². The van der Waals surface area contributed by atoms with Crippen molar-refractivity contribution in [2.24, 2.45) is 0 Å². The minimum Gasteiger partial charge on any atom is -0.303 e. The second-order valence-electron chi connectivity index (χ2n) is 3.54. The molecular weight excluding hydrogens is 164 g/mol. The lowest BCUT2D eigenvalue weighted by atomic mass is 10.1. The number of hydrogen-bond acceptors (Lipinski definition) is 3. The van der Waals surface area contributed by atoms with Gasteiger partial charge in [0.2, 0.25) is 0 Å². The molecule has 1 fully saturated rings. The van der Waals surface area contributed by atoms with E-state index in [-0.39, 0.29) is 0 Å². The van der Waals surface area contributed by atoms with Crippen LogP contribution < -0.4 is 0 Å². The zero-order chi connectivity index (χ0) is 9.10. The number of likely N-dealkylation sites (tertiary alicyclic amines) is 1. The Morgan fingerprint density at radius 3 is 2.69 bits per heavy atom. The third-order valence-corrected chi connectivity index (χ3v) is 2.82. The molecule has 4 heteroatoms. The van der Waals surface area contributed by atoms with Crippen molar-refractivity contribution in [3.8, 4) is 0 Å². The van der Waals surface area contributed by atoms with Crippen molar-refractivity contribution in [3.05, 3.63) is 12.7 Å². The van der Waals surface area contributed by atoms with Gasteiger partial charge >= 0.3 is 0 Å². The molecule has 2 heterocycles. The van der Waals surface area contributed by atoms with Gasteiger partial charge in [0, 0.05) is 13.1 Å². The first-order valence-corrected chi connectivity index (χ1v) is 4.96. The highest BCUT2D eigenvalue weighted by molar-refractivity contribution is 4.76. The van der Waals surface area contributed by atoms with Crippen LogP contribution in [0.5, 0.6) is 0 Å². The lowest BCUT2D eigenvalue weighted by molar-refractivity contribution is 0.187. The monoisotopic (exact) mass is 180 g/mol. The Kier molecular flexibility index (Phi) is 2.59. The van der Waals surface area contributed by atoms with E-state index in [1.54, 1.807) is 6.33 Å². The Bertz CT molecular complexity index is 236. The van der Waals surface area contributed by atoms with Gasteiger partial charge in [-0.1, -0.05) is 6.92 Å². The molecule has 0 spiro atoms. The Morgan fingerprint density at radius 1 is 1.38 bits per heavy atom. The number of rotatable bonds is 2. The van der Waals surface area contributed by atoms with E-state index in [0.29, 0.717) is 6.04 Å². The van der Waals surface area contributed by atoms with Gasteiger partial charge in [-0.25, -0.2) is 9.67 Å². The van der Waals surface area contributed by atoms with Crippen molar-refractivity contribution in [2.45, 2.75) is 25.8 Å². The second kappa shape index (κ2) is 3.87. The number of aromatic nitrogens is 3. The normalized spacial score (nSPS) is 20.7. The predicted octanol–water partition coefficient (Wildman–Crippen LogP) is 0.935. The van der Waals surface area contributed by atoms with Crippen LogP contribution in [-0.2, 0) is 0 Å². The largest absolute Gasteiger partial charge is 0.303 e. The molecule has 2 rings (SSSR count). The van der Waals surface area contributed by atoms with E-state index in [1.807, 2.05) is 11.0 Å². The van der Waals surface area contributed by atoms with E-state index >= 15 is 0 Å². The first-order valence-electron chi connectivity index (χ1n) is 4.96. The summed E-state index contributed by atoms with van der Waals surface area (Å²) in [6.45, 7) is 5.78. The average molecular weight is 180 g/mol. The summed E-state index contributed by atoms with van der Waals surface area (Å²) in [6, 6.07) is 0.574. The van der Waals surface area contributed by atoms with Crippen LogP contribution in [0.1, 0.15) is 25.8 Å². The third kappa shape index (κ3) is 1.88. The Morgan fingerprint density at radius 2 is 2.15 bits per heavy atom. The van der Waals surface area contributed by atoms with Crippen molar-refractivity contribution < 1.29 is 0 Å². The average Bonchev–Trinajstić information content (AvgIpc) is 2.71. The Hall–Kier alpha value is -0.900. The van der Waals surface area contributed by atoms with Crippen molar-refractivity contribution in [2.75, 3.05) is 19.6 Å². The van der Waals surface area contributed by atoms with Gasteiger partial charge in [0.15, 0.2) is 0 Å². The molecule has 0 aromatic carbocycles. The number of piperidine rings is 1. The minimum atomic E-state index is 0.574. The fourth-order valence-corrected chi connectivity index (χ4v) is 1.91. The van der Waals surface area contributed by atoms with Crippen LogP contribution in [0.4, 0.5) is 0 Å². The first kappa shape index (κ1) is 8.69. The molecular formula is C9H16N4. The minimum absolute atomic E-state index is 0.574. The summed E-state index contributed by atoms with van der Waals surface area (Å²) in [4.78, 5) is 6.45. The first-order chi connectivity index (χ1) is 6.40. The fraction of sp³-hybridized carbons (Fsp3) is 0.778. The van der Waals surface area contributed by atoms with Gasteiger partial charge in [-0.15, -0.1) is 0 Å². The zero-order valence-corrected chi connectivity index (χ0v) is 8.06. The summed E-state index contributed by atoms with van der Waals surface area (Å²) < 4.78 is 1.99. The van der Waals surface area contributed by atoms with Gasteiger partial charge in [0.05, 0.1) is 6.04 Å². The highest BCUT2D eigenvalue weighted by Crippen LogP contribution is 2.20. The number of hydrogen-bond donors (Lipinski definition) is 0. The summed E-state index contributed by atoms with van der Waals surface area (Å²) in [5.41, 5.74) is 0. The van der Waals surface area contributed by atoms with Crippen molar-refractivity contribution in [1.82, 2.24) is 19.7 Å². The third-order valence-electron chi connectivity index (χ3n) is 2.82. The summed E-state index contributed by atoms with van der Waals surface area (Å²) in [6.07, 6.45) is 5.85. The predicted molar refractivity (Wildman–Crippen MR) is 50.4 cm³/mol. The van der Waals surface area contributed by atoms with E-state index in [9.17, 15) is 0 Å². The van der Waals surface area contributed by atoms with Crippen LogP contribution in [0.3, 0.4) is 0 Å². The highest BCUT2D eigenvalue weighted by Gasteiger charge is 2.19. The summed E-state index contributed by atoms with van der Waals surface area (Å²) in [5.74, 6) is 0. The van der Waals surface area contributed by atoms with E-state index in [0.717, 1.165) is 0 Å². The SMILES string of the molecule is CCN1CCC(n2cncn2)CC1. The molecule has 1 aliphatic rings. The standard InChI is InChI=1S/C9H16N4/c1-2-12-5-3-9(4-6-12)13-8-10-7-11-13/h7-9H,2-6H2,1H3. The van der Waals surface area contributed by atoms with Gasteiger partial charge < -0.3 is 4.90 Å². The molecule has 0 N–H and O–H groups in total. The quantitative estimate of drug-likeness (QED) is 0.679. The van der Waals surface area contributed by atoms with Gasteiger partial charge in [-0.05, 0) is 19.4 Å². The second-order valence-corrected chi connectivity index (χ2v) is 3.54. The molecule has 0 aliphatic carbocycles. The Balaban J connectivity index is 1.92. The maximum absolute atomic E-state index is 4.18. The van der Waals surface area contributed by atoms with Crippen molar-refractivity contribution >= 4 is 0 Å². The molecule has 13 heavy (non-hydrogen) atoms. The molecule has 0 radical (unpaired) electrons. The van der Waals surface area contributed by atoms with E-state index in [4.69, 9.17) is 0 Å². The van der Waals surface area contributed by atoms with E-state index in [2.05, 4.69) is 21.9 Å². The van der Waals surface area contributed by atoms with Crippen LogP contribution >= 0.6 is 0 Å². The molecule has 1 saturated heterocycles. The molecule has 4 nitrogen and oxygen atoms in total. The summed E-state index contributed by atoms with van der Waals surface area (Å²) in [7, 11) is 0. The fourth-order valence-electron chi connectivity index (χ4n) is 1.91. The van der Waals surface area contributed by atoms with Crippen LogP contribution in [0.15, 0.2) is 12.7 Å². The van der Waals surface area contributed by atoms with Crippen molar-refractivity contribution in [3.63, 3.8) is 0 Å². The van der Waals surface area contributed by atoms with Gasteiger partial charge in [-0.2, -0.15) is 5.10 Å². The molecule has 1 aliphatic heterocycles. The molecule has 0 bridgehead atoms. The Labute approximate surface area is 78.6 Å². The van der Waals surface area contributed by atoms with Crippen LogP contribution in [0, 0.1) is 0 Å².